The normalized spacial score (nSPS) is 16.8. The molecule has 1 rings (SSSR count). The number of benzene rings is 1. The van der Waals surface area contributed by atoms with Crippen LogP contribution in [0.1, 0.15) is 10.4 Å². The average molecular weight is 302 g/mol. The Kier molecular flexibility index (Phi) is 6.53. The van der Waals surface area contributed by atoms with Crippen LogP contribution in [0.2, 0.25) is 0 Å². The first-order valence-corrected chi connectivity index (χ1v) is 6.16. The lowest BCUT2D eigenvalue weighted by Gasteiger charge is -2.28. The molecule has 0 fully saturated rings. The highest BCUT2D eigenvalue weighted by atomic mass is 16.6. The predicted octanol–water partition coefficient (Wildman–Crippen LogP) is -2.02. The third kappa shape index (κ3) is 4.66. The molecule has 0 aliphatic rings. The Balaban J connectivity index is 2.85. The SMILES string of the molecule is O=C(O[C@@H]([C@H](O)[C@@H](O)CO)[C@H](O)CO)c1ccc(O)cc1. The van der Waals surface area contributed by atoms with Gasteiger partial charge in [0.15, 0.2) is 6.10 Å². The molecule has 0 amide bonds. The first kappa shape index (κ1) is 17.3. The number of hydrogen-bond donors (Lipinski definition) is 6. The lowest BCUT2D eigenvalue weighted by Crippen LogP contribution is -2.49. The largest absolute Gasteiger partial charge is 0.508 e. The molecule has 0 unspecified atom stereocenters. The van der Waals surface area contributed by atoms with Crippen molar-refractivity contribution in [1.29, 1.82) is 0 Å². The van der Waals surface area contributed by atoms with Crippen LogP contribution in [0.4, 0.5) is 0 Å². The number of phenolic OH excluding ortho intramolecular Hbond substituents is 1. The van der Waals surface area contributed by atoms with Gasteiger partial charge in [0.2, 0.25) is 0 Å². The molecule has 0 aromatic heterocycles. The number of ether oxygens (including phenoxy) is 1. The summed E-state index contributed by atoms with van der Waals surface area (Å²) < 4.78 is 4.86. The van der Waals surface area contributed by atoms with Crippen LogP contribution in [0.5, 0.6) is 5.75 Å². The fourth-order valence-electron chi connectivity index (χ4n) is 1.60. The minimum absolute atomic E-state index is 0.0358. The Morgan fingerprint density at radius 2 is 1.52 bits per heavy atom. The fourth-order valence-corrected chi connectivity index (χ4v) is 1.60. The molecule has 0 heterocycles. The van der Waals surface area contributed by atoms with Crippen LogP contribution in [0.3, 0.4) is 0 Å². The summed E-state index contributed by atoms with van der Waals surface area (Å²) in [5, 5.41) is 55.4. The van der Waals surface area contributed by atoms with Gasteiger partial charge in [0.25, 0.3) is 0 Å². The van der Waals surface area contributed by atoms with Gasteiger partial charge in [-0.1, -0.05) is 0 Å². The van der Waals surface area contributed by atoms with E-state index in [1.807, 2.05) is 0 Å². The van der Waals surface area contributed by atoms with E-state index in [0.29, 0.717) is 0 Å². The van der Waals surface area contributed by atoms with Crippen LogP contribution in [0, 0.1) is 0 Å². The van der Waals surface area contributed by atoms with Gasteiger partial charge in [-0.3, -0.25) is 0 Å². The lowest BCUT2D eigenvalue weighted by atomic mass is 10.0. The number of rotatable bonds is 7. The summed E-state index contributed by atoms with van der Waals surface area (Å²) in [6, 6.07) is 5.00. The molecule has 6 N–H and O–H groups in total. The predicted molar refractivity (Wildman–Crippen MR) is 69.5 cm³/mol. The van der Waals surface area contributed by atoms with Crippen LogP contribution in [0.15, 0.2) is 24.3 Å². The van der Waals surface area contributed by atoms with Crippen LogP contribution < -0.4 is 0 Å². The van der Waals surface area contributed by atoms with Crippen molar-refractivity contribution >= 4 is 5.97 Å². The molecule has 118 valence electrons. The fraction of sp³-hybridized carbons (Fsp3) is 0.462. The summed E-state index contributed by atoms with van der Waals surface area (Å²) in [4.78, 5) is 11.9. The maximum Gasteiger partial charge on any atom is 0.338 e. The number of carbonyl (C=O) groups is 1. The standard InChI is InChI=1S/C13H18O8/c14-5-9(17)11(19)12(10(18)6-15)21-13(20)7-1-3-8(16)4-2-7/h1-4,9-12,14-19H,5-6H2/t9-,10+,11+,12+/m0/s1. The van der Waals surface area contributed by atoms with Gasteiger partial charge in [0.1, 0.15) is 24.1 Å². The molecule has 8 nitrogen and oxygen atoms in total. The Morgan fingerprint density at radius 1 is 1.00 bits per heavy atom. The van der Waals surface area contributed by atoms with Crippen molar-refractivity contribution in [2.75, 3.05) is 13.2 Å². The van der Waals surface area contributed by atoms with Gasteiger partial charge >= 0.3 is 5.97 Å². The minimum Gasteiger partial charge on any atom is -0.508 e. The van der Waals surface area contributed by atoms with Crippen molar-refractivity contribution in [3.8, 4) is 5.75 Å². The summed E-state index contributed by atoms with van der Waals surface area (Å²) >= 11 is 0. The highest BCUT2D eigenvalue weighted by Gasteiger charge is 2.35. The Hall–Kier alpha value is -1.71. The van der Waals surface area contributed by atoms with E-state index < -0.39 is 43.6 Å². The van der Waals surface area contributed by atoms with E-state index >= 15 is 0 Å². The molecule has 0 spiro atoms. The van der Waals surface area contributed by atoms with E-state index in [-0.39, 0.29) is 11.3 Å². The molecular weight excluding hydrogens is 284 g/mol. The van der Waals surface area contributed by atoms with Gasteiger partial charge in [-0.2, -0.15) is 0 Å². The summed E-state index contributed by atoms with van der Waals surface area (Å²) in [6.45, 7) is -1.63. The first-order valence-electron chi connectivity index (χ1n) is 6.16. The molecule has 21 heavy (non-hydrogen) atoms. The molecule has 4 atom stereocenters. The number of aliphatic hydroxyl groups excluding tert-OH is 5. The first-order chi connectivity index (χ1) is 9.90. The van der Waals surface area contributed by atoms with Gasteiger partial charge in [-0.25, -0.2) is 4.79 Å². The Bertz CT molecular complexity index is 446. The lowest BCUT2D eigenvalue weighted by molar-refractivity contribution is -0.128. The smallest absolute Gasteiger partial charge is 0.338 e. The second-order valence-electron chi connectivity index (χ2n) is 4.41. The second-order valence-corrected chi connectivity index (χ2v) is 4.41. The van der Waals surface area contributed by atoms with Crippen molar-refractivity contribution < 1.29 is 40.2 Å². The maximum atomic E-state index is 11.9. The Labute approximate surface area is 120 Å². The molecule has 0 bridgehead atoms. The number of aromatic hydroxyl groups is 1. The second kappa shape index (κ2) is 7.91. The van der Waals surface area contributed by atoms with Crippen molar-refractivity contribution in [2.24, 2.45) is 0 Å². The number of carbonyl (C=O) groups excluding carboxylic acids is 1. The molecule has 0 aliphatic carbocycles. The van der Waals surface area contributed by atoms with Crippen molar-refractivity contribution in [1.82, 2.24) is 0 Å². The number of hydrogen-bond acceptors (Lipinski definition) is 8. The third-order valence-corrected chi connectivity index (χ3v) is 2.83. The zero-order chi connectivity index (χ0) is 16.0. The molecule has 1 aromatic carbocycles. The summed E-state index contributed by atoms with van der Waals surface area (Å²) in [7, 11) is 0. The van der Waals surface area contributed by atoms with E-state index in [1.54, 1.807) is 0 Å². The van der Waals surface area contributed by atoms with Gasteiger partial charge < -0.3 is 35.4 Å². The van der Waals surface area contributed by atoms with E-state index in [9.17, 15) is 20.1 Å². The van der Waals surface area contributed by atoms with E-state index in [1.165, 1.54) is 24.3 Å². The van der Waals surface area contributed by atoms with Crippen molar-refractivity contribution in [3.63, 3.8) is 0 Å². The molecular formula is C13H18O8. The van der Waals surface area contributed by atoms with E-state index in [0.717, 1.165) is 0 Å². The molecule has 0 saturated heterocycles. The average Bonchev–Trinajstić information content (AvgIpc) is 2.50. The zero-order valence-electron chi connectivity index (χ0n) is 11.0. The minimum atomic E-state index is -1.78. The highest BCUT2D eigenvalue weighted by Crippen LogP contribution is 2.15. The maximum absolute atomic E-state index is 11.9. The van der Waals surface area contributed by atoms with Crippen LogP contribution in [-0.2, 0) is 4.74 Å². The Morgan fingerprint density at radius 3 is 2.00 bits per heavy atom. The molecule has 0 aliphatic heterocycles. The van der Waals surface area contributed by atoms with Gasteiger partial charge in [-0.15, -0.1) is 0 Å². The van der Waals surface area contributed by atoms with Crippen LogP contribution in [0.25, 0.3) is 0 Å². The summed E-state index contributed by atoms with van der Waals surface area (Å²) in [5.41, 5.74) is 0.0358. The molecule has 8 heteroatoms. The highest BCUT2D eigenvalue weighted by molar-refractivity contribution is 5.89. The van der Waals surface area contributed by atoms with Crippen molar-refractivity contribution in [3.05, 3.63) is 29.8 Å². The molecule has 1 aromatic rings. The third-order valence-electron chi connectivity index (χ3n) is 2.83. The van der Waals surface area contributed by atoms with Crippen LogP contribution in [-0.4, -0.2) is 74.2 Å². The van der Waals surface area contributed by atoms with Crippen LogP contribution >= 0.6 is 0 Å². The van der Waals surface area contributed by atoms with E-state index in [4.69, 9.17) is 20.1 Å². The van der Waals surface area contributed by atoms with E-state index in [2.05, 4.69) is 0 Å². The topological polar surface area (TPSA) is 148 Å². The number of phenols is 1. The molecule has 0 radical (unpaired) electrons. The monoisotopic (exact) mass is 302 g/mol. The number of esters is 1. The zero-order valence-corrected chi connectivity index (χ0v) is 11.0. The summed E-state index contributed by atoms with van der Waals surface area (Å²) in [5.74, 6) is -0.995. The van der Waals surface area contributed by atoms with Crippen molar-refractivity contribution in [2.45, 2.75) is 24.4 Å². The number of aliphatic hydroxyl groups is 5. The quantitative estimate of drug-likeness (QED) is 0.316. The summed E-state index contributed by atoms with van der Waals surface area (Å²) in [6.07, 6.45) is -6.69. The van der Waals surface area contributed by atoms with Gasteiger partial charge in [0.05, 0.1) is 18.8 Å². The van der Waals surface area contributed by atoms with Gasteiger partial charge in [0, 0.05) is 0 Å². The van der Waals surface area contributed by atoms with Gasteiger partial charge in [-0.05, 0) is 24.3 Å². The molecule has 0 saturated carbocycles.